The van der Waals surface area contributed by atoms with E-state index in [2.05, 4.69) is 10.2 Å². The molecule has 4 heteroatoms. The molecule has 68 valence electrons. The van der Waals surface area contributed by atoms with Crippen LogP contribution in [0.15, 0.2) is 6.07 Å². The van der Waals surface area contributed by atoms with E-state index in [-0.39, 0.29) is 12.0 Å². The third-order valence-electron chi connectivity index (χ3n) is 2.03. The Morgan fingerprint density at radius 2 is 2.33 bits per heavy atom. The third kappa shape index (κ3) is 1.76. The van der Waals surface area contributed by atoms with Crippen LogP contribution in [0.3, 0.4) is 0 Å². The van der Waals surface area contributed by atoms with Crippen LogP contribution in [0, 0.1) is 0 Å². The molecule has 0 radical (unpaired) electrons. The van der Waals surface area contributed by atoms with Crippen LogP contribution in [-0.2, 0) is 5.41 Å². The number of nitrogens with two attached hydrogens (primary N) is 1. The quantitative estimate of drug-likeness (QED) is 0.622. The van der Waals surface area contributed by atoms with E-state index in [0.717, 1.165) is 5.69 Å². The highest BCUT2D eigenvalue weighted by molar-refractivity contribution is 5.31. The maximum Gasteiger partial charge on any atom is 0.119 e. The summed E-state index contributed by atoms with van der Waals surface area (Å²) < 4.78 is 0. The average molecular weight is 169 g/mol. The molecule has 0 aromatic carbocycles. The largest absolute Gasteiger partial charge is 0.396 e. The van der Waals surface area contributed by atoms with Gasteiger partial charge in [-0.15, -0.1) is 0 Å². The molecular formula is C8H15N3O. The van der Waals surface area contributed by atoms with Gasteiger partial charge in [0.05, 0.1) is 5.69 Å². The van der Waals surface area contributed by atoms with Gasteiger partial charge in [0.2, 0.25) is 0 Å². The smallest absolute Gasteiger partial charge is 0.119 e. The van der Waals surface area contributed by atoms with E-state index in [1.165, 1.54) is 0 Å². The summed E-state index contributed by atoms with van der Waals surface area (Å²) in [5.41, 5.74) is 6.28. The number of aromatic amines is 1. The Balaban J connectivity index is 2.81. The fraction of sp³-hybridized carbons (Fsp3) is 0.625. The number of anilines is 1. The number of nitrogens with one attached hydrogen (secondary N) is 1. The van der Waals surface area contributed by atoms with Gasteiger partial charge in [-0.2, -0.15) is 5.10 Å². The maximum atomic E-state index is 8.80. The first-order chi connectivity index (χ1) is 5.56. The van der Waals surface area contributed by atoms with Crippen LogP contribution < -0.4 is 5.73 Å². The lowest BCUT2D eigenvalue weighted by molar-refractivity contribution is 0.250. The van der Waals surface area contributed by atoms with Crippen molar-refractivity contribution >= 4 is 5.82 Å². The number of nitrogens with zero attached hydrogens (tertiary/aromatic N) is 1. The Morgan fingerprint density at radius 1 is 1.67 bits per heavy atom. The minimum absolute atomic E-state index is 0.108. The summed E-state index contributed by atoms with van der Waals surface area (Å²) in [4.78, 5) is 0. The van der Waals surface area contributed by atoms with E-state index >= 15 is 0 Å². The first kappa shape index (κ1) is 9.06. The second-order valence-electron chi connectivity index (χ2n) is 3.57. The fourth-order valence-corrected chi connectivity index (χ4v) is 1.09. The van der Waals surface area contributed by atoms with Crippen molar-refractivity contribution < 1.29 is 5.11 Å². The number of hydrogen-bond donors (Lipinski definition) is 3. The van der Waals surface area contributed by atoms with Gasteiger partial charge in [-0.25, -0.2) is 0 Å². The molecule has 0 amide bonds. The molecule has 1 aromatic rings. The van der Waals surface area contributed by atoms with Gasteiger partial charge in [-0.05, 0) is 6.42 Å². The minimum atomic E-state index is -0.108. The molecule has 0 atom stereocenters. The molecule has 0 saturated carbocycles. The fourth-order valence-electron chi connectivity index (χ4n) is 1.09. The molecule has 0 fully saturated rings. The predicted octanol–water partition coefficient (Wildman–Crippen LogP) is 0.652. The molecule has 0 aliphatic rings. The second kappa shape index (κ2) is 3.15. The van der Waals surface area contributed by atoms with E-state index in [0.29, 0.717) is 12.2 Å². The van der Waals surface area contributed by atoms with Gasteiger partial charge in [0.15, 0.2) is 0 Å². The zero-order valence-corrected chi connectivity index (χ0v) is 7.46. The summed E-state index contributed by atoms with van der Waals surface area (Å²) in [6.07, 6.45) is 0.692. The lowest BCUT2D eigenvalue weighted by atomic mass is 9.86. The molecule has 1 rings (SSSR count). The summed E-state index contributed by atoms with van der Waals surface area (Å²) in [5.74, 6) is 0.566. The van der Waals surface area contributed by atoms with Crippen molar-refractivity contribution in [2.45, 2.75) is 25.7 Å². The molecule has 0 bridgehead atoms. The van der Waals surface area contributed by atoms with Crippen molar-refractivity contribution in [3.63, 3.8) is 0 Å². The average Bonchev–Trinajstić information content (AvgIpc) is 2.36. The normalized spacial score (nSPS) is 11.9. The van der Waals surface area contributed by atoms with Crippen molar-refractivity contribution in [2.24, 2.45) is 0 Å². The van der Waals surface area contributed by atoms with Crippen molar-refractivity contribution in [1.29, 1.82) is 0 Å². The lowest BCUT2D eigenvalue weighted by Gasteiger charge is -2.20. The molecule has 0 unspecified atom stereocenters. The Labute approximate surface area is 71.8 Å². The van der Waals surface area contributed by atoms with Crippen LogP contribution in [0.2, 0.25) is 0 Å². The van der Waals surface area contributed by atoms with Crippen LogP contribution in [0.25, 0.3) is 0 Å². The molecule has 12 heavy (non-hydrogen) atoms. The van der Waals surface area contributed by atoms with E-state index < -0.39 is 0 Å². The second-order valence-corrected chi connectivity index (χ2v) is 3.57. The van der Waals surface area contributed by atoms with Crippen molar-refractivity contribution in [1.82, 2.24) is 10.2 Å². The topological polar surface area (TPSA) is 74.9 Å². The molecular weight excluding hydrogens is 154 g/mol. The number of nitrogen functional groups attached to an aromatic ring is 1. The summed E-state index contributed by atoms with van der Waals surface area (Å²) in [6, 6.07) is 1.80. The Bertz CT molecular complexity index is 255. The van der Waals surface area contributed by atoms with Crippen LogP contribution in [0.1, 0.15) is 26.0 Å². The van der Waals surface area contributed by atoms with E-state index in [4.69, 9.17) is 10.8 Å². The number of rotatable bonds is 3. The highest BCUT2D eigenvalue weighted by Crippen LogP contribution is 2.25. The monoisotopic (exact) mass is 169 g/mol. The lowest BCUT2D eigenvalue weighted by Crippen LogP contribution is -2.19. The van der Waals surface area contributed by atoms with E-state index in [1.807, 2.05) is 13.8 Å². The molecule has 1 aromatic heterocycles. The zero-order chi connectivity index (χ0) is 9.19. The number of hydrogen-bond acceptors (Lipinski definition) is 3. The van der Waals surface area contributed by atoms with Crippen LogP contribution in [0.4, 0.5) is 5.82 Å². The molecule has 0 saturated heterocycles. The van der Waals surface area contributed by atoms with Crippen molar-refractivity contribution in [2.75, 3.05) is 12.3 Å². The minimum Gasteiger partial charge on any atom is -0.396 e. The molecule has 0 spiro atoms. The van der Waals surface area contributed by atoms with Gasteiger partial charge < -0.3 is 10.8 Å². The maximum absolute atomic E-state index is 8.80. The van der Waals surface area contributed by atoms with Gasteiger partial charge in [-0.3, -0.25) is 5.10 Å². The third-order valence-corrected chi connectivity index (χ3v) is 2.03. The Kier molecular flexibility index (Phi) is 2.38. The number of aromatic nitrogens is 2. The van der Waals surface area contributed by atoms with Crippen LogP contribution in [-0.4, -0.2) is 21.9 Å². The van der Waals surface area contributed by atoms with E-state index in [1.54, 1.807) is 6.07 Å². The molecule has 0 aliphatic heterocycles. The van der Waals surface area contributed by atoms with E-state index in [9.17, 15) is 0 Å². The standard InChI is InChI=1S/C8H15N3O/c1-8(2,3-4-12)6-5-7(9)11-10-6/h5,12H,3-4H2,1-2H3,(H3,9,10,11). The highest BCUT2D eigenvalue weighted by atomic mass is 16.3. The number of aliphatic hydroxyl groups is 1. The number of aliphatic hydroxyl groups excluding tert-OH is 1. The van der Waals surface area contributed by atoms with Gasteiger partial charge in [-0.1, -0.05) is 13.8 Å². The summed E-state index contributed by atoms with van der Waals surface area (Å²) in [5, 5.41) is 15.5. The van der Waals surface area contributed by atoms with Crippen molar-refractivity contribution in [3.05, 3.63) is 11.8 Å². The van der Waals surface area contributed by atoms with Crippen molar-refractivity contribution in [3.8, 4) is 0 Å². The molecule has 1 heterocycles. The molecule has 4 N–H and O–H groups in total. The Hall–Kier alpha value is -1.03. The van der Waals surface area contributed by atoms with Crippen LogP contribution >= 0.6 is 0 Å². The van der Waals surface area contributed by atoms with Crippen LogP contribution in [0.5, 0.6) is 0 Å². The van der Waals surface area contributed by atoms with Gasteiger partial charge in [0, 0.05) is 18.1 Å². The summed E-state index contributed by atoms with van der Waals surface area (Å²) in [7, 11) is 0. The summed E-state index contributed by atoms with van der Waals surface area (Å²) >= 11 is 0. The SMILES string of the molecule is CC(C)(CCO)c1cc(N)[nH]n1. The highest BCUT2D eigenvalue weighted by Gasteiger charge is 2.22. The summed E-state index contributed by atoms with van der Waals surface area (Å²) in [6.45, 7) is 4.22. The zero-order valence-electron chi connectivity index (χ0n) is 7.46. The predicted molar refractivity (Wildman–Crippen MR) is 47.7 cm³/mol. The molecule has 4 nitrogen and oxygen atoms in total. The van der Waals surface area contributed by atoms with Gasteiger partial charge >= 0.3 is 0 Å². The first-order valence-corrected chi connectivity index (χ1v) is 3.98. The first-order valence-electron chi connectivity index (χ1n) is 3.98. The number of H-pyrrole nitrogens is 1. The van der Waals surface area contributed by atoms with Gasteiger partial charge in [0.25, 0.3) is 0 Å². The molecule has 0 aliphatic carbocycles. The Morgan fingerprint density at radius 3 is 2.75 bits per heavy atom. The van der Waals surface area contributed by atoms with Gasteiger partial charge in [0.1, 0.15) is 5.82 Å².